The van der Waals surface area contributed by atoms with Crippen LogP contribution in [0.1, 0.15) is 11.1 Å². The lowest BCUT2D eigenvalue weighted by Crippen LogP contribution is -1.96. The Bertz CT molecular complexity index is 506. The van der Waals surface area contributed by atoms with Gasteiger partial charge in [-0.3, -0.25) is 0 Å². The number of rotatable bonds is 2. The minimum atomic E-state index is -0.233. The van der Waals surface area contributed by atoms with Crippen molar-refractivity contribution in [3.05, 3.63) is 59.4 Å². The van der Waals surface area contributed by atoms with E-state index >= 15 is 0 Å². The molecule has 0 saturated carbocycles. The molecule has 0 radical (unpaired) electrons. The Morgan fingerprint density at radius 1 is 0.938 bits per heavy atom. The summed E-state index contributed by atoms with van der Waals surface area (Å²) in [7, 11) is 0. The zero-order valence-corrected chi connectivity index (χ0v) is 9.42. The molecular formula is C14H14FN. The van der Waals surface area contributed by atoms with Crippen LogP contribution in [-0.4, -0.2) is 0 Å². The molecule has 1 N–H and O–H groups in total. The van der Waals surface area contributed by atoms with Gasteiger partial charge in [0.1, 0.15) is 5.82 Å². The summed E-state index contributed by atoms with van der Waals surface area (Å²) in [5.41, 5.74) is 3.72. The fraction of sp³-hybridized carbons (Fsp3) is 0.143. The van der Waals surface area contributed by atoms with Crippen LogP contribution in [0.25, 0.3) is 0 Å². The van der Waals surface area contributed by atoms with E-state index in [9.17, 15) is 4.39 Å². The summed E-state index contributed by atoms with van der Waals surface area (Å²) in [5.74, 6) is -0.233. The van der Waals surface area contributed by atoms with Crippen molar-refractivity contribution < 1.29 is 4.39 Å². The van der Waals surface area contributed by atoms with Gasteiger partial charge < -0.3 is 5.32 Å². The van der Waals surface area contributed by atoms with Crippen LogP contribution >= 0.6 is 0 Å². The molecule has 2 aromatic rings. The maximum absolute atomic E-state index is 13.4. The number of hydrogen-bond acceptors (Lipinski definition) is 1. The summed E-state index contributed by atoms with van der Waals surface area (Å²) in [5, 5.41) is 3.11. The standard InChI is InChI=1S/C14H14FN/c1-10-7-8-11(2)14(9-10)16-13-6-4-3-5-12(13)15/h3-9,16H,1-2H3. The van der Waals surface area contributed by atoms with E-state index in [0.717, 1.165) is 16.8 Å². The molecular weight excluding hydrogens is 201 g/mol. The molecule has 0 aliphatic heterocycles. The maximum Gasteiger partial charge on any atom is 0.146 e. The second-order valence-electron chi connectivity index (χ2n) is 3.92. The summed E-state index contributed by atoms with van der Waals surface area (Å²) < 4.78 is 13.4. The van der Waals surface area contributed by atoms with Crippen molar-refractivity contribution in [1.29, 1.82) is 0 Å². The predicted octanol–water partition coefficient (Wildman–Crippen LogP) is 4.19. The highest BCUT2D eigenvalue weighted by Crippen LogP contribution is 2.23. The SMILES string of the molecule is Cc1ccc(C)c(Nc2ccccc2F)c1. The van der Waals surface area contributed by atoms with Gasteiger partial charge in [-0.25, -0.2) is 4.39 Å². The van der Waals surface area contributed by atoms with Gasteiger partial charge in [0.15, 0.2) is 0 Å². The van der Waals surface area contributed by atoms with E-state index in [-0.39, 0.29) is 5.82 Å². The minimum Gasteiger partial charge on any atom is -0.353 e. The lowest BCUT2D eigenvalue weighted by atomic mass is 10.1. The van der Waals surface area contributed by atoms with E-state index in [2.05, 4.69) is 5.32 Å². The number of benzene rings is 2. The first-order valence-electron chi connectivity index (χ1n) is 5.25. The van der Waals surface area contributed by atoms with Crippen LogP contribution in [0, 0.1) is 19.7 Å². The average Bonchev–Trinajstić information content (AvgIpc) is 2.27. The van der Waals surface area contributed by atoms with Gasteiger partial charge in [0.25, 0.3) is 0 Å². The smallest absolute Gasteiger partial charge is 0.146 e. The van der Waals surface area contributed by atoms with Crippen molar-refractivity contribution in [2.75, 3.05) is 5.32 Å². The molecule has 2 aromatic carbocycles. The van der Waals surface area contributed by atoms with E-state index in [0.29, 0.717) is 5.69 Å². The van der Waals surface area contributed by atoms with Gasteiger partial charge in [-0.1, -0.05) is 24.3 Å². The Morgan fingerprint density at radius 2 is 1.69 bits per heavy atom. The molecule has 0 aliphatic carbocycles. The van der Waals surface area contributed by atoms with Crippen LogP contribution in [0.2, 0.25) is 0 Å². The Kier molecular flexibility index (Phi) is 2.91. The fourth-order valence-electron chi connectivity index (χ4n) is 1.58. The van der Waals surface area contributed by atoms with Gasteiger partial charge in [-0.2, -0.15) is 0 Å². The van der Waals surface area contributed by atoms with Gasteiger partial charge in [-0.15, -0.1) is 0 Å². The maximum atomic E-state index is 13.4. The molecule has 1 nitrogen and oxygen atoms in total. The first-order valence-corrected chi connectivity index (χ1v) is 5.25. The first kappa shape index (κ1) is 10.7. The lowest BCUT2D eigenvalue weighted by molar-refractivity contribution is 0.632. The minimum absolute atomic E-state index is 0.233. The predicted molar refractivity (Wildman–Crippen MR) is 65.6 cm³/mol. The second kappa shape index (κ2) is 4.35. The Morgan fingerprint density at radius 3 is 2.44 bits per heavy atom. The largest absolute Gasteiger partial charge is 0.353 e. The number of para-hydroxylation sites is 1. The van der Waals surface area contributed by atoms with Gasteiger partial charge in [0.05, 0.1) is 5.69 Å². The van der Waals surface area contributed by atoms with Gasteiger partial charge in [-0.05, 0) is 43.2 Å². The molecule has 0 fully saturated rings. The average molecular weight is 215 g/mol. The van der Waals surface area contributed by atoms with Crippen LogP contribution in [0.15, 0.2) is 42.5 Å². The van der Waals surface area contributed by atoms with Crippen molar-refractivity contribution >= 4 is 11.4 Å². The Labute approximate surface area is 94.9 Å². The molecule has 0 heterocycles. The highest BCUT2D eigenvalue weighted by Gasteiger charge is 2.03. The van der Waals surface area contributed by atoms with Crippen molar-refractivity contribution in [3.63, 3.8) is 0 Å². The van der Waals surface area contributed by atoms with Crippen LogP contribution in [0.3, 0.4) is 0 Å². The normalized spacial score (nSPS) is 10.2. The summed E-state index contributed by atoms with van der Waals surface area (Å²) in [6, 6.07) is 12.8. The summed E-state index contributed by atoms with van der Waals surface area (Å²) in [6.07, 6.45) is 0. The fourth-order valence-corrected chi connectivity index (χ4v) is 1.58. The van der Waals surface area contributed by atoms with Crippen molar-refractivity contribution in [1.82, 2.24) is 0 Å². The molecule has 0 saturated heterocycles. The molecule has 2 rings (SSSR count). The molecule has 0 amide bonds. The van der Waals surface area contributed by atoms with E-state index in [1.54, 1.807) is 12.1 Å². The van der Waals surface area contributed by atoms with Gasteiger partial charge >= 0.3 is 0 Å². The molecule has 0 atom stereocenters. The molecule has 0 bridgehead atoms. The topological polar surface area (TPSA) is 12.0 Å². The van der Waals surface area contributed by atoms with Gasteiger partial charge in [0, 0.05) is 5.69 Å². The molecule has 16 heavy (non-hydrogen) atoms. The van der Waals surface area contributed by atoms with Crippen LogP contribution in [0.4, 0.5) is 15.8 Å². The van der Waals surface area contributed by atoms with Crippen LogP contribution in [-0.2, 0) is 0 Å². The number of aryl methyl sites for hydroxylation is 2. The Hall–Kier alpha value is -1.83. The summed E-state index contributed by atoms with van der Waals surface area (Å²) in [4.78, 5) is 0. The van der Waals surface area contributed by atoms with E-state index in [1.165, 1.54) is 6.07 Å². The molecule has 2 heteroatoms. The number of hydrogen-bond donors (Lipinski definition) is 1. The monoisotopic (exact) mass is 215 g/mol. The highest BCUT2D eigenvalue weighted by molar-refractivity contribution is 5.64. The van der Waals surface area contributed by atoms with E-state index in [4.69, 9.17) is 0 Å². The third-order valence-electron chi connectivity index (χ3n) is 2.54. The van der Waals surface area contributed by atoms with Crippen molar-refractivity contribution in [3.8, 4) is 0 Å². The highest BCUT2D eigenvalue weighted by atomic mass is 19.1. The van der Waals surface area contributed by atoms with Crippen molar-refractivity contribution in [2.45, 2.75) is 13.8 Å². The van der Waals surface area contributed by atoms with Crippen LogP contribution < -0.4 is 5.32 Å². The van der Waals surface area contributed by atoms with E-state index < -0.39 is 0 Å². The van der Waals surface area contributed by atoms with Crippen LogP contribution in [0.5, 0.6) is 0 Å². The molecule has 0 aliphatic rings. The number of nitrogens with one attached hydrogen (secondary N) is 1. The third-order valence-corrected chi connectivity index (χ3v) is 2.54. The quantitative estimate of drug-likeness (QED) is 0.792. The zero-order chi connectivity index (χ0) is 11.5. The molecule has 0 spiro atoms. The van der Waals surface area contributed by atoms with Crippen molar-refractivity contribution in [2.24, 2.45) is 0 Å². The Balaban J connectivity index is 2.34. The lowest BCUT2D eigenvalue weighted by Gasteiger charge is -2.11. The van der Waals surface area contributed by atoms with Gasteiger partial charge in [0.2, 0.25) is 0 Å². The summed E-state index contributed by atoms with van der Waals surface area (Å²) in [6.45, 7) is 4.02. The molecule has 0 unspecified atom stereocenters. The third kappa shape index (κ3) is 2.22. The first-order chi connectivity index (χ1) is 7.66. The zero-order valence-electron chi connectivity index (χ0n) is 9.42. The van der Waals surface area contributed by atoms with E-state index in [1.807, 2.05) is 38.1 Å². The number of anilines is 2. The second-order valence-corrected chi connectivity index (χ2v) is 3.92. The number of halogens is 1. The molecule has 0 aromatic heterocycles. The molecule has 82 valence electrons. The summed E-state index contributed by atoms with van der Waals surface area (Å²) >= 11 is 0.